The highest BCUT2D eigenvalue weighted by Gasteiger charge is 2.12. The van der Waals surface area contributed by atoms with Crippen LogP contribution in [0.1, 0.15) is 25.0 Å². The summed E-state index contributed by atoms with van der Waals surface area (Å²) in [4.78, 5) is 10.6. The maximum absolute atomic E-state index is 10.6. The third-order valence-corrected chi connectivity index (χ3v) is 2.78. The lowest BCUT2D eigenvalue weighted by Gasteiger charge is -2.08. The van der Waals surface area contributed by atoms with E-state index in [0.717, 1.165) is 12.0 Å². The first-order valence-electron chi connectivity index (χ1n) is 5.47. The maximum Gasteiger partial charge on any atom is 0.316 e. The van der Waals surface area contributed by atoms with Gasteiger partial charge in [0.15, 0.2) is 0 Å². The Kier molecular flexibility index (Phi) is 4.87. The number of carboxylic acids is 1. The predicted molar refractivity (Wildman–Crippen MR) is 69.1 cm³/mol. The van der Waals surface area contributed by atoms with Crippen LogP contribution in [0.15, 0.2) is 24.3 Å². The largest absolute Gasteiger partial charge is 0.480 e. The molecule has 0 saturated heterocycles. The average Bonchev–Trinajstić information content (AvgIpc) is 2.20. The van der Waals surface area contributed by atoms with Crippen molar-refractivity contribution in [1.29, 1.82) is 0 Å². The molecule has 16 heavy (non-hydrogen) atoms. The Labute approximate surface area is 102 Å². The average molecular weight is 238 g/mol. The molecule has 0 aromatic heterocycles. The van der Waals surface area contributed by atoms with E-state index in [1.807, 2.05) is 12.1 Å². The van der Waals surface area contributed by atoms with Crippen molar-refractivity contribution in [1.82, 2.24) is 0 Å². The van der Waals surface area contributed by atoms with E-state index in [1.165, 1.54) is 5.56 Å². The van der Waals surface area contributed by atoms with Crippen LogP contribution >= 0.6 is 12.6 Å². The molecule has 1 unspecified atom stereocenters. The van der Waals surface area contributed by atoms with Crippen LogP contribution in [0.5, 0.6) is 0 Å². The van der Waals surface area contributed by atoms with Crippen molar-refractivity contribution >= 4 is 18.6 Å². The molecule has 1 aromatic rings. The first-order chi connectivity index (χ1) is 7.49. The molecule has 0 spiro atoms. The van der Waals surface area contributed by atoms with Gasteiger partial charge in [-0.05, 0) is 29.9 Å². The van der Waals surface area contributed by atoms with Gasteiger partial charge < -0.3 is 5.11 Å². The summed E-state index contributed by atoms with van der Waals surface area (Å²) in [7, 11) is 0. The molecule has 0 aliphatic heterocycles. The fraction of sp³-hybridized carbons (Fsp3) is 0.462. The van der Waals surface area contributed by atoms with Crippen LogP contribution in [0.4, 0.5) is 0 Å². The summed E-state index contributed by atoms with van der Waals surface area (Å²) >= 11 is 4.02. The van der Waals surface area contributed by atoms with Crippen LogP contribution in [0.25, 0.3) is 0 Å². The van der Waals surface area contributed by atoms with E-state index in [4.69, 9.17) is 5.11 Å². The lowest BCUT2D eigenvalue weighted by atomic mass is 10.0. The predicted octanol–water partition coefficient (Wildman–Crippen LogP) is 2.81. The normalized spacial score (nSPS) is 12.8. The lowest BCUT2D eigenvalue weighted by molar-refractivity contribution is -0.136. The Bertz CT molecular complexity index is 343. The standard InChI is InChI=1S/C13H18O2S/c1-9(2)7-10-3-5-11(6-4-10)8-12(16)13(14)15/h3-6,9,12,16H,7-8H2,1-2H3,(H,14,15). The van der Waals surface area contributed by atoms with Gasteiger partial charge in [-0.1, -0.05) is 38.1 Å². The van der Waals surface area contributed by atoms with Gasteiger partial charge in [0, 0.05) is 0 Å². The molecular formula is C13H18O2S. The second kappa shape index (κ2) is 5.94. The van der Waals surface area contributed by atoms with Gasteiger partial charge in [0.2, 0.25) is 0 Å². The first kappa shape index (κ1) is 13.1. The van der Waals surface area contributed by atoms with E-state index in [1.54, 1.807) is 0 Å². The number of benzene rings is 1. The van der Waals surface area contributed by atoms with Gasteiger partial charge in [-0.2, -0.15) is 12.6 Å². The summed E-state index contributed by atoms with van der Waals surface area (Å²) in [5.74, 6) is -0.225. The monoisotopic (exact) mass is 238 g/mol. The molecule has 0 aliphatic rings. The Morgan fingerprint density at radius 1 is 1.19 bits per heavy atom. The van der Waals surface area contributed by atoms with E-state index < -0.39 is 11.2 Å². The molecule has 0 radical (unpaired) electrons. The number of hydrogen-bond donors (Lipinski definition) is 2. The molecule has 0 fully saturated rings. The molecule has 2 nitrogen and oxygen atoms in total. The Morgan fingerprint density at radius 2 is 1.62 bits per heavy atom. The molecule has 1 N–H and O–H groups in total. The molecule has 0 amide bonds. The highest BCUT2D eigenvalue weighted by Crippen LogP contribution is 2.12. The summed E-state index contributed by atoms with van der Waals surface area (Å²) in [6.07, 6.45) is 1.53. The van der Waals surface area contributed by atoms with Crippen LogP contribution in [0.3, 0.4) is 0 Å². The molecule has 0 aliphatic carbocycles. The summed E-state index contributed by atoms with van der Waals surface area (Å²) in [6.45, 7) is 4.37. The highest BCUT2D eigenvalue weighted by atomic mass is 32.1. The zero-order chi connectivity index (χ0) is 12.1. The maximum atomic E-state index is 10.6. The second-order valence-corrected chi connectivity index (χ2v) is 5.10. The number of carbonyl (C=O) groups is 1. The number of carboxylic acid groups (broad SMARTS) is 1. The summed E-state index contributed by atoms with van der Waals surface area (Å²) in [6, 6.07) is 8.11. The number of rotatable bonds is 5. The quantitative estimate of drug-likeness (QED) is 0.774. The van der Waals surface area contributed by atoms with Crippen LogP contribution in [-0.4, -0.2) is 16.3 Å². The Hall–Kier alpha value is -0.960. The lowest BCUT2D eigenvalue weighted by Crippen LogP contribution is -2.16. The molecule has 88 valence electrons. The second-order valence-electron chi connectivity index (χ2n) is 4.47. The number of thiol groups is 1. The van der Waals surface area contributed by atoms with E-state index in [-0.39, 0.29) is 0 Å². The summed E-state index contributed by atoms with van der Waals surface area (Å²) in [5, 5.41) is 8.13. The number of hydrogen-bond acceptors (Lipinski definition) is 2. The van der Waals surface area contributed by atoms with Crippen LogP contribution in [0.2, 0.25) is 0 Å². The van der Waals surface area contributed by atoms with Gasteiger partial charge in [0.25, 0.3) is 0 Å². The molecule has 1 aromatic carbocycles. The minimum atomic E-state index is -0.866. The molecule has 0 saturated carbocycles. The van der Waals surface area contributed by atoms with Crippen molar-refractivity contribution in [2.24, 2.45) is 5.92 Å². The molecule has 0 bridgehead atoms. The minimum Gasteiger partial charge on any atom is -0.480 e. The van der Waals surface area contributed by atoms with Crippen molar-refractivity contribution in [3.05, 3.63) is 35.4 Å². The zero-order valence-electron chi connectivity index (χ0n) is 9.68. The van der Waals surface area contributed by atoms with E-state index in [2.05, 4.69) is 38.6 Å². The van der Waals surface area contributed by atoms with Crippen molar-refractivity contribution < 1.29 is 9.90 Å². The smallest absolute Gasteiger partial charge is 0.316 e. The van der Waals surface area contributed by atoms with Crippen molar-refractivity contribution in [2.45, 2.75) is 31.9 Å². The van der Waals surface area contributed by atoms with E-state index >= 15 is 0 Å². The Morgan fingerprint density at radius 3 is 2.00 bits per heavy atom. The fourth-order valence-electron chi connectivity index (χ4n) is 1.59. The van der Waals surface area contributed by atoms with Gasteiger partial charge in [0.05, 0.1) is 0 Å². The van der Waals surface area contributed by atoms with Crippen molar-refractivity contribution in [3.8, 4) is 0 Å². The van der Waals surface area contributed by atoms with E-state index in [9.17, 15) is 4.79 Å². The zero-order valence-corrected chi connectivity index (χ0v) is 10.6. The third kappa shape index (κ3) is 4.27. The highest BCUT2D eigenvalue weighted by molar-refractivity contribution is 7.81. The SMILES string of the molecule is CC(C)Cc1ccc(CC(S)C(=O)O)cc1. The third-order valence-electron chi connectivity index (χ3n) is 2.38. The fourth-order valence-corrected chi connectivity index (χ4v) is 1.80. The van der Waals surface area contributed by atoms with E-state index in [0.29, 0.717) is 12.3 Å². The van der Waals surface area contributed by atoms with Crippen LogP contribution in [-0.2, 0) is 17.6 Å². The molecular weight excluding hydrogens is 220 g/mol. The Balaban J connectivity index is 2.61. The first-order valence-corrected chi connectivity index (χ1v) is 5.99. The summed E-state index contributed by atoms with van der Waals surface area (Å²) < 4.78 is 0. The molecule has 3 heteroatoms. The van der Waals surface area contributed by atoms with Gasteiger partial charge in [-0.3, -0.25) is 4.79 Å². The van der Waals surface area contributed by atoms with Gasteiger partial charge >= 0.3 is 5.97 Å². The van der Waals surface area contributed by atoms with Crippen LogP contribution in [0, 0.1) is 5.92 Å². The molecule has 0 heterocycles. The topological polar surface area (TPSA) is 37.3 Å². The molecule has 1 atom stereocenters. The van der Waals surface area contributed by atoms with Crippen molar-refractivity contribution in [2.75, 3.05) is 0 Å². The number of aliphatic carboxylic acids is 1. The van der Waals surface area contributed by atoms with Gasteiger partial charge in [0.1, 0.15) is 5.25 Å². The minimum absolute atomic E-state index is 0.473. The summed E-state index contributed by atoms with van der Waals surface area (Å²) in [5.41, 5.74) is 2.32. The van der Waals surface area contributed by atoms with Crippen molar-refractivity contribution in [3.63, 3.8) is 0 Å². The van der Waals surface area contributed by atoms with Crippen LogP contribution < -0.4 is 0 Å². The van der Waals surface area contributed by atoms with Gasteiger partial charge in [-0.15, -0.1) is 0 Å². The molecule has 1 rings (SSSR count). The van der Waals surface area contributed by atoms with Gasteiger partial charge in [-0.25, -0.2) is 0 Å².